The molecule has 8 nitrogen and oxygen atoms in total. The van der Waals surface area contributed by atoms with Gasteiger partial charge in [-0.1, -0.05) is 34.6 Å². The Balaban J connectivity index is 0.000000210. The Hall–Kier alpha value is -2.12. The fourth-order valence-electron chi connectivity index (χ4n) is 2.77. The Bertz CT molecular complexity index is 614. The standard InChI is InChI=1S/C7H14N2O.C7H13NO.C6H11N3/c1-7(2,3)9-5-4-8-6(9)10;1-5(2)6-3-7(9)8-4-6;1-6(2,3)5-4-7-9-8-5/h4-5H2,1-3H3,(H,8,10);5-6H,3-4H2,1-2H3,(H,8,9);4H,1-3H3,(H,7,8,9). The van der Waals surface area contributed by atoms with Gasteiger partial charge in [-0.3, -0.25) is 4.79 Å². The third-order valence-corrected chi connectivity index (χ3v) is 4.80. The number of nitrogens with zero attached hydrogens (tertiary/aromatic N) is 3. The molecule has 160 valence electrons. The molecule has 0 spiro atoms. The number of aromatic amines is 1. The van der Waals surface area contributed by atoms with Gasteiger partial charge in [0, 0.05) is 37.0 Å². The smallest absolute Gasteiger partial charge is 0.317 e. The molecule has 2 aliphatic rings. The zero-order valence-electron chi connectivity index (χ0n) is 18.7. The normalized spacial score (nSPS) is 19.5. The maximum atomic E-state index is 11.0. The summed E-state index contributed by atoms with van der Waals surface area (Å²) in [7, 11) is 0. The van der Waals surface area contributed by atoms with Crippen LogP contribution in [-0.2, 0) is 10.2 Å². The maximum Gasteiger partial charge on any atom is 0.317 e. The molecule has 0 radical (unpaired) electrons. The van der Waals surface area contributed by atoms with E-state index in [1.807, 2.05) is 25.7 Å². The highest BCUT2D eigenvalue weighted by Gasteiger charge is 2.29. The molecule has 0 aliphatic carbocycles. The molecule has 0 aromatic carbocycles. The van der Waals surface area contributed by atoms with E-state index in [1.165, 1.54) is 0 Å². The number of carbonyl (C=O) groups excluding carboxylic acids is 2. The second-order valence-electron chi connectivity index (χ2n) is 9.67. The van der Waals surface area contributed by atoms with E-state index in [0.717, 1.165) is 31.7 Å². The van der Waals surface area contributed by atoms with Crippen molar-refractivity contribution in [2.45, 2.75) is 72.8 Å². The number of aromatic nitrogens is 3. The molecule has 3 amide bonds. The van der Waals surface area contributed by atoms with E-state index in [9.17, 15) is 9.59 Å². The van der Waals surface area contributed by atoms with Crippen LogP contribution < -0.4 is 10.6 Å². The van der Waals surface area contributed by atoms with Crippen molar-refractivity contribution in [1.82, 2.24) is 30.9 Å². The quantitative estimate of drug-likeness (QED) is 0.681. The summed E-state index contributed by atoms with van der Waals surface area (Å²) in [6.07, 6.45) is 2.48. The van der Waals surface area contributed by atoms with E-state index >= 15 is 0 Å². The number of nitrogens with one attached hydrogen (secondary N) is 3. The highest BCUT2D eigenvalue weighted by Crippen LogP contribution is 2.18. The van der Waals surface area contributed by atoms with E-state index < -0.39 is 0 Å². The molecule has 2 saturated heterocycles. The monoisotopic (exact) mass is 394 g/mol. The molecular formula is C20H38N6O2. The number of hydrogen-bond acceptors (Lipinski definition) is 4. The van der Waals surface area contributed by atoms with Crippen molar-refractivity contribution >= 4 is 11.9 Å². The maximum absolute atomic E-state index is 11.0. The van der Waals surface area contributed by atoms with Gasteiger partial charge in [-0.15, -0.1) is 0 Å². The summed E-state index contributed by atoms with van der Waals surface area (Å²) in [5.74, 6) is 1.44. The highest BCUT2D eigenvalue weighted by molar-refractivity contribution is 5.78. The van der Waals surface area contributed by atoms with Gasteiger partial charge >= 0.3 is 6.03 Å². The average molecular weight is 395 g/mol. The fraction of sp³-hybridized carbons (Fsp3) is 0.800. The number of H-pyrrole nitrogens is 1. The van der Waals surface area contributed by atoms with Crippen LogP contribution in [0.1, 0.15) is 67.5 Å². The summed E-state index contributed by atoms with van der Waals surface area (Å²) < 4.78 is 0. The molecule has 2 aliphatic heterocycles. The van der Waals surface area contributed by atoms with E-state index in [-0.39, 0.29) is 22.9 Å². The second-order valence-corrected chi connectivity index (χ2v) is 9.67. The van der Waals surface area contributed by atoms with Crippen LogP contribution in [-0.4, -0.2) is 57.4 Å². The van der Waals surface area contributed by atoms with Gasteiger partial charge in [0.2, 0.25) is 5.91 Å². The summed E-state index contributed by atoms with van der Waals surface area (Å²) in [6.45, 7) is 19.2. The van der Waals surface area contributed by atoms with Gasteiger partial charge in [0.15, 0.2) is 0 Å². The van der Waals surface area contributed by atoms with Crippen molar-refractivity contribution in [2.75, 3.05) is 19.6 Å². The fourth-order valence-corrected chi connectivity index (χ4v) is 2.77. The van der Waals surface area contributed by atoms with Gasteiger partial charge in [0.1, 0.15) is 0 Å². The molecule has 1 aromatic heterocycles. The molecule has 3 N–H and O–H groups in total. The molecule has 1 atom stereocenters. The lowest BCUT2D eigenvalue weighted by Crippen LogP contribution is -2.43. The Kier molecular flexibility index (Phi) is 8.45. The van der Waals surface area contributed by atoms with E-state index in [0.29, 0.717) is 11.8 Å². The van der Waals surface area contributed by atoms with Crippen molar-refractivity contribution < 1.29 is 9.59 Å². The molecule has 2 fully saturated rings. The van der Waals surface area contributed by atoms with Crippen molar-refractivity contribution in [3.05, 3.63) is 11.9 Å². The first kappa shape index (κ1) is 23.9. The minimum absolute atomic E-state index is 0.0272. The number of rotatable bonds is 1. The van der Waals surface area contributed by atoms with Crippen LogP contribution in [0.25, 0.3) is 0 Å². The number of urea groups is 1. The first-order chi connectivity index (χ1) is 12.8. The molecule has 3 rings (SSSR count). The minimum Gasteiger partial charge on any atom is -0.356 e. The Morgan fingerprint density at radius 3 is 1.96 bits per heavy atom. The van der Waals surface area contributed by atoms with Gasteiger partial charge in [-0.25, -0.2) is 4.79 Å². The Labute approximate surface area is 169 Å². The first-order valence-corrected chi connectivity index (χ1v) is 10.0. The molecule has 0 saturated carbocycles. The summed E-state index contributed by atoms with van der Waals surface area (Å²) >= 11 is 0. The first-order valence-electron chi connectivity index (χ1n) is 10.0. The zero-order chi connectivity index (χ0) is 21.5. The third-order valence-electron chi connectivity index (χ3n) is 4.80. The van der Waals surface area contributed by atoms with Crippen molar-refractivity contribution in [1.29, 1.82) is 0 Å². The molecule has 8 heteroatoms. The lowest BCUT2D eigenvalue weighted by atomic mass is 9.93. The van der Waals surface area contributed by atoms with E-state index in [1.54, 1.807) is 6.20 Å². The van der Waals surface area contributed by atoms with Gasteiger partial charge in [0.05, 0.1) is 11.9 Å². The predicted octanol–water partition coefficient (Wildman–Crippen LogP) is 2.69. The molecule has 1 aromatic rings. The second kappa shape index (κ2) is 9.89. The van der Waals surface area contributed by atoms with Crippen LogP contribution >= 0.6 is 0 Å². The number of hydrogen-bond donors (Lipinski definition) is 3. The molecule has 3 heterocycles. The molecule has 1 unspecified atom stereocenters. The van der Waals surface area contributed by atoms with Crippen LogP contribution in [0, 0.1) is 11.8 Å². The van der Waals surface area contributed by atoms with Crippen LogP contribution in [0.2, 0.25) is 0 Å². The van der Waals surface area contributed by atoms with Crippen molar-refractivity contribution in [3.63, 3.8) is 0 Å². The van der Waals surface area contributed by atoms with Crippen LogP contribution in [0.3, 0.4) is 0 Å². The van der Waals surface area contributed by atoms with Crippen LogP contribution in [0.4, 0.5) is 4.79 Å². The highest BCUT2D eigenvalue weighted by atomic mass is 16.2. The average Bonchev–Trinajstić information content (AvgIpc) is 3.26. The zero-order valence-corrected chi connectivity index (χ0v) is 18.7. The van der Waals surface area contributed by atoms with Gasteiger partial charge < -0.3 is 15.5 Å². The largest absolute Gasteiger partial charge is 0.356 e. The Morgan fingerprint density at radius 2 is 1.75 bits per heavy atom. The van der Waals surface area contributed by atoms with Crippen LogP contribution in [0.5, 0.6) is 0 Å². The summed E-state index contributed by atoms with van der Waals surface area (Å²) in [4.78, 5) is 23.5. The lowest BCUT2D eigenvalue weighted by molar-refractivity contribution is -0.119. The van der Waals surface area contributed by atoms with Crippen molar-refractivity contribution in [2.24, 2.45) is 11.8 Å². The van der Waals surface area contributed by atoms with Crippen LogP contribution in [0.15, 0.2) is 6.20 Å². The van der Waals surface area contributed by atoms with Gasteiger partial charge in [0.25, 0.3) is 0 Å². The minimum atomic E-state index is -0.0272. The SMILES string of the molecule is CC(C)(C)N1CCNC1=O.CC(C)(C)c1cn[nH]n1.CC(C)C1CNC(=O)C1. The van der Waals surface area contributed by atoms with E-state index in [2.05, 4.69) is 60.7 Å². The third kappa shape index (κ3) is 7.86. The van der Waals surface area contributed by atoms with Gasteiger partial charge in [-0.2, -0.15) is 15.4 Å². The summed E-state index contributed by atoms with van der Waals surface area (Å²) in [6, 6.07) is 0.0625. The molecular weight excluding hydrogens is 356 g/mol. The summed E-state index contributed by atoms with van der Waals surface area (Å²) in [5.41, 5.74) is 1.09. The topological polar surface area (TPSA) is 103 Å². The summed E-state index contributed by atoms with van der Waals surface area (Å²) in [5, 5.41) is 15.8. The van der Waals surface area contributed by atoms with Crippen molar-refractivity contribution in [3.8, 4) is 0 Å². The number of carbonyl (C=O) groups is 2. The lowest BCUT2D eigenvalue weighted by Gasteiger charge is -2.30. The predicted molar refractivity (Wildman–Crippen MR) is 111 cm³/mol. The number of amides is 3. The van der Waals surface area contributed by atoms with E-state index in [4.69, 9.17) is 0 Å². The molecule has 0 bridgehead atoms. The molecule has 28 heavy (non-hydrogen) atoms. The van der Waals surface area contributed by atoms with Gasteiger partial charge in [-0.05, 0) is 32.6 Å². The Morgan fingerprint density at radius 1 is 1.11 bits per heavy atom.